The van der Waals surface area contributed by atoms with Crippen molar-refractivity contribution >= 4 is 11.8 Å². The highest BCUT2D eigenvalue weighted by Crippen LogP contribution is 2.29. The number of hydrogen-bond donors (Lipinski definition) is 1. The maximum Gasteiger partial charge on any atom is 0.242 e. The molecule has 2 atom stereocenters. The summed E-state index contributed by atoms with van der Waals surface area (Å²) in [6, 6.07) is 13.3. The van der Waals surface area contributed by atoms with Crippen LogP contribution in [0.1, 0.15) is 64.2 Å². The van der Waals surface area contributed by atoms with E-state index in [0.29, 0.717) is 44.1 Å². The average Bonchev–Trinajstić information content (AvgIpc) is 2.83. The number of carbonyl (C=O) groups is 2. The monoisotopic (exact) mass is 468 g/mol. The summed E-state index contributed by atoms with van der Waals surface area (Å²) in [4.78, 5) is 28.0. The van der Waals surface area contributed by atoms with Gasteiger partial charge in [-0.3, -0.25) is 9.59 Å². The van der Waals surface area contributed by atoms with Crippen molar-refractivity contribution in [2.24, 2.45) is 0 Å². The molecule has 0 radical (unpaired) electrons. The number of hydrogen-bond acceptors (Lipinski definition) is 4. The molecule has 0 aliphatic heterocycles. The van der Waals surface area contributed by atoms with E-state index in [2.05, 4.69) is 5.32 Å². The zero-order chi connectivity index (χ0) is 25.1. The van der Waals surface area contributed by atoms with Crippen molar-refractivity contribution in [3.63, 3.8) is 0 Å². The van der Waals surface area contributed by atoms with Gasteiger partial charge >= 0.3 is 0 Å². The second-order valence-electron chi connectivity index (χ2n) is 8.59. The lowest BCUT2D eigenvalue weighted by Crippen LogP contribution is -2.49. The highest BCUT2D eigenvalue weighted by Gasteiger charge is 2.27. The van der Waals surface area contributed by atoms with Gasteiger partial charge < -0.3 is 19.7 Å². The zero-order valence-corrected chi connectivity index (χ0v) is 21.5. The van der Waals surface area contributed by atoms with Crippen LogP contribution in [-0.4, -0.2) is 42.0 Å². The molecule has 1 N–H and O–H groups in total. The molecule has 2 amide bonds. The number of rotatable bonds is 13. The third-order valence-corrected chi connectivity index (χ3v) is 6.01. The molecule has 2 aromatic rings. The molecule has 0 heterocycles. The molecule has 0 fully saturated rings. The highest BCUT2D eigenvalue weighted by atomic mass is 16.5. The molecule has 0 saturated heterocycles. The maximum absolute atomic E-state index is 13.4. The third kappa shape index (κ3) is 7.79. The van der Waals surface area contributed by atoms with Gasteiger partial charge in [0.05, 0.1) is 13.2 Å². The van der Waals surface area contributed by atoms with Crippen molar-refractivity contribution in [2.75, 3.05) is 13.2 Å². The molecule has 0 bridgehead atoms. The number of aryl methyl sites for hydroxylation is 2. The van der Waals surface area contributed by atoms with Crippen molar-refractivity contribution in [1.82, 2.24) is 10.2 Å². The lowest BCUT2D eigenvalue weighted by Gasteiger charge is -2.30. The summed E-state index contributed by atoms with van der Waals surface area (Å²) in [5.41, 5.74) is 3.13. The number of ether oxygens (including phenoxy) is 2. The Labute approximate surface area is 204 Å². The van der Waals surface area contributed by atoms with Crippen LogP contribution < -0.4 is 14.8 Å². The van der Waals surface area contributed by atoms with Gasteiger partial charge in [-0.15, -0.1) is 0 Å². The minimum absolute atomic E-state index is 0.0538. The Morgan fingerprint density at radius 1 is 0.971 bits per heavy atom. The van der Waals surface area contributed by atoms with Gasteiger partial charge in [0.25, 0.3) is 0 Å². The number of carbonyl (C=O) groups excluding carboxylic acids is 2. The van der Waals surface area contributed by atoms with Crippen LogP contribution in [0.3, 0.4) is 0 Å². The quantitative estimate of drug-likeness (QED) is 0.446. The minimum Gasteiger partial charge on any atom is -0.490 e. The molecule has 0 aliphatic rings. The van der Waals surface area contributed by atoms with E-state index in [0.717, 1.165) is 23.1 Å². The molecule has 0 unspecified atom stereocenters. The number of amides is 2. The summed E-state index contributed by atoms with van der Waals surface area (Å²) in [5.74, 6) is 1.21. The van der Waals surface area contributed by atoms with E-state index >= 15 is 0 Å². The first-order valence-corrected chi connectivity index (χ1v) is 12.3. The molecular formula is C28H40N2O4. The number of benzene rings is 2. The van der Waals surface area contributed by atoms with Gasteiger partial charge in [-0.25, -0.2) is 0 Å². The molecule has 6 heteroatoms. The predicted octanol–water partition coefficient (Wildman–Crippen LogP) is 5.06. The molecule has 34 heavy (non-hydrogen) atoms. The first-order valence-electron chi connectivity index (χ1n) is 12.3. The summed E-state index contributed by atoms with van der Waals surface area (Å²) in [6.45, 7) is 13.2. The predicted molar refractivity (Wildman–Crippen MR) is 136 cm³/mol. The Balaban J connectivity index is 2.19. The van der Waals surface area contributed by atoms with Gasteiger partial charge in [-0.1, -0.05) is 37.3 Å². The lowest BCUT2D eigenvalue weighted by molar-refractivity contribution is -0.140. The minimum atomic E-state index is -0.569. The Hall–Kier alpha value is -3.02. The summed E-state index contributed by atoms with van der Waals surface area (Å²) in [6.07, 6.45) is 1.69. The van der Waals surface area contributed by atoms with E-state index in [1.54, 1.807) is 11.8 Å². The van der Waals surface area contributed by atoms with Gasteiger partial charge in [-0.2, -0.15) is 0 Å². The van der Waals surface area contributed by atoms with Crippen LogP contribution in [0, 0.1) is 6.92 Å². The third-order valence-electron chi connectivity index (χ3n) is 6.01. The summed E-state index contributed by atoms with van der Waals surface area (Å²) in [5, 5.41) is 3.02. The van der Waals surface area contributed by atoms with Gasteiger partial charge in [0, 0.05) is 19.0 Å². The average molecular weight is 469 g/mol. The van der Waals surface area contributed by atoms with Crippen LogP contribution in [0.2, 0.25) is 0 Å². The first-order chi connectivity index (χ1) is 16.3. The Morgan fingerprint density at radius 3 is 2.29 bits per heavy atom. The molecule has 0 spiro atoms. The van der Waals surface area contributed by atoms with Gasteiger partial charge in [0.1, 0.15) is 6.04 Å². The number of nitrogens with zero attached hydrogens (tertiary/aromatic N) is 1. The fraction of sp³-hybridized carbons (Fsp3) is 0.500. The molecule has 0 aliphatic carbocycles. The maximum atomic E-state index is 13.4. The van der Waals surface area contributed by atoms with Crippen molar-refractivity contribution in [1.29, 1.82) is 0 Å². The fourth-order valence-electron chi connectivity index (χ4n) is 3.67. The van der Waals surface area contributed by atoms with Crippen LogP contribution in [0.4, 0.5) is 0 Å². The van der Waals surface area contributed by atoms with Crippen molar-refractivity contribution in [3.8, 4) is 11.5 Å². The second-order valence-corrected chi connectivity index (χ2v) is 8.59. The second kappa shape index (κ2) is 13.6. The van der Waals surface area contributed by atoms with Crippen LogP contribution in [0.15, 0.2) is 42.5 Å². The summed E-state index contributed by atoms with van der Waals surface area (Å²) >= 11 is 0. The topological polar surface area (TPSA) is 67.9 Å². The first kappa shape index (κ1) is 27.2. The SMILES string of the molecule is CCOc1ccc(CCC(=O)N(Cc2ccccc2C)[C@@H](C)C(=O)N[C@H](C)CC)cc1OCC. The fourth-order valence-corrected chi connectivity index (χ4v) is 3.67. The zero-order valence-electron chi connectivity index (χ0n) is 21.5. The lowest BCUT2D eigenvalue weighted by atomic mass is 10.0. The highest BCUT2D eigenvalue weighted by molar-refractivity contribution is 5.87. The van der Waals surface area contributed by atoms with E-state index in [1.807, 2.05) is 77.1 Å². The van der Waals surface area contributed by atoms with E-state index in [1.165, 1.54) is 0 Å². The Morgan fingerprint density at radius 2 is 1.65 bits per heavy atom. The molecule has 6 nitrogen and oxygen atoms in total. The number of nitrogens with one attached hydrogen (secondary N) is 1. The summed E-state index contributed by atoms with van der Waals surface area (Å²) in [7, 11) is 0. The van der Waals surface area contributed by atoms with E-state index in [4.69, 9.17) is 9.47 Å². The van der Waals surface area contributed by atoms with Crippen molar-refractivity contribution < 1.29 is 19.1 Å². The van der Waals surface area contributed by atoms with Gasteiger partial charge in [-0.05, 0) is 76.3 Å². The van der Waals surface area contributed by atoms with Crippen LogP contribution in [-0.2, 0) is 22.6 Å². The molecule has 186 valence electrons. The van der Waals surface area contributed by atoms with E-state index in [9.17, 15) is 9.59 Å². The van der Waals surface area contributed by atoms with Crippen LogP contribution in [0.25, 0.3) is 0 Å². The Kier molecular flexibility index (Phi) is 10.9. The molecule has 2 aromatic carbocycles. The van der Waals surface area contributed by atoms with Crippen molar-refractivity contribution in [3.05, 3.63) is 59.2 Å². The van der Waals surface area contributed by atoms with Crippen LogP contribution in [0.5, 0.6) is 11.5 Å². The van der Waals surface area contributed by atoms with Crippen LogP contribution >= 0.6 is 0 Å². The standard InChI is InChI=1S/C28H40N2O4/c1-7-21(5)29-28(32)22(6)30(19-24-13-11-10-12-20(24)4)27(31)17-15-23-14-16-25(33-8-2)26(18-23)34-9-3/h10-14,16,18,21-22H,7-9,15,17,19H2,1-6H3,(H,29,32)/t21-,22+/m1/s1. The summed E-state index contributed by atoms with van der Waals surface area (Å²) < 4.78 is 11.4. The normalized spacial score (nSPS) is 12.5. The largest absolute Gasteiger partial charge is 0.490 e. The molecule has 2 rings (SSSR count). The van der Waals surface area contributed by atoms with E-state index < -0.39 is 6.04 Å². The Bertz CT molecular complexity index is 944. The molecule has 0 saturated carbocycles. The van der Waals surface area contributed by atoms with E-state index in [-0.39, 0.29) is 17.9 Å². The smallest absolute Gasteiger partial charge is 0.242 e. The van der Waals surface area contributed by atoms with Crippen molar-refractivity contribution in [2.45, 2.75) is 79.4 Å². The van der Waals surface area contributed by atoms with Gasteiger partial charge in [0.2, 0.25) is 11.8 Å². The molecular weight excluding hydrogens is 428 g/mol. The van der Waals surface area contributed by atoms with Gasteiger partial charge in [0.15, 0.2) is 11.5 Å². The molecule has 0 aromatic heterocycles.